The van der Waals surface area contributed by atoms with Gasteiger partial charge in [0, 0.05) is 18.3 Å². The fourth-order valence-electron chi connectivity index (χ4n) is 1.85. The number of anilines is 1. The molecular weight excluding hydrogens is 254 g/mol. The number of ether oxygens (including phenoxy) is 2. The molecule has 1 aliphatic rings. The van der Waals surface area contributed by atoms with Gasteiger partial charge in [0.2, 0.25) is 0 Å². The molecule has 3 rings (SSSR count). The van der Waals surface area contributed by atoms with Gasteiger partial charge >= 0.3 is 0 Å². The maximum Gasteiger partial charge on any atom is 0.163 e. The number of halogens is 1. The van der Waals surface area contributed by atoms with E-state index in [1.807, 2.05) is 13.0 Å². The zero-order chi connectivity index (χ0) is 12.7. The zero-order valence-corrected chi connectivity index (χ0v) is 10.6. The largest absolute Gasteiger partial charge is 0.486 e. The highest BCUT2D eigenvalue weighted by Gasteiger charge is 2.16. The molecule has 1 aromatic carbocycles. The van der Waals surface area contributed by atoms with Crippen LogP contribution in [0.2, 0.25) is 5.02 Å². The minimum absolute atomic E-state index is 0.537. The van der Waals surface area contributed by atoms with Crippen LogP contribution >= 0.6 is 11.6 Å². The lowest BCUT2D eigenvalue weighted by molar-refractivity contribution is 0.171. The van der Waals surface area contributed by atoms with Crippen LogP contribution in [-0.4, -0.2) is 23.0 Å². The number of nitrogens with two attached hydrogens (primary N) is 1. The molecule has 2 N–H and O–H groups in total. The van der Waals surface area contributed by atoms with Gasteiger partial charge in [-0.1, -0.05) is 11.6 Å². The second-order valence-electron chi connectivity index (χ2n) is 4.06. The molecule has 2 aromatic rings. The summed E-state index contributed by atoms with van der Waals surface area (Å²) >= 11 is 5.99. The summed E-state index contributed by atoms with van der Waals surface area (Å²) in [5.74, 6) is 1.34. The van der Waals surface area contributed by atoms with Crippen LogP contribution in [0, 0.1) is 6.92 Å². The van der Waals surface area contributed by atoms with Gasteiger partial charge in [0.1, 0.15) is 13.2 Å². The number of fused-ring (bicyclic) bond motifs is 1. The Morgan fingerprint density at radius 1 is 1.28 bits per heavy atom. The highest BCUT2D eigenvalue weighted by Crippen LogP contribution is 2.36. The van der Waals surface area contributed by atoms with E-state index in [1.54, 1.807) is 16.9 Å². The Bertz CT molecular complexity index is 590. The van der Waals surface area contributed by atoms with Crippen LogP contribution in [0.1, 0.15) is 5.69 Å². The standard InChI is InChI=1S/C12H12ClN3O2/c1-7-8(13)6-16(15-7)10-5-12-11(4-9(10)14)17-2-3-18-12/h4-6H,2-3,14H2,1H3. The molecule has 1 aromatic heterocycles. The first kappa shape index (κ1) is 11.2. The SMILES string of the molecule is Cc1nn(-c2cc3c(cc2N)OCCO3)cc1Cl. The molecule has 0 saturated heterocycles. The third kappa shape index (κ3) is 1.76. The molecule has 18 heavy (non-hydrogen) atoms. The summed E-state index contributed by atoms with van der Waals surface area (Å²) in [4.78, 5) is 0. The lowest BCUT2D eigenvalue weighted by Crippen LogP contribution is -2.16. The van der Waals surface area contributed by atoms with Crippen molar-refractivity contribution in [2.75, 3.05) is 18.9 Å². The Kier molecular flexibility index (Phi) is 2.56. The van der Waals surface area contributed by atoms with Crippen LogP contribution in [-0.2, 0) is 0 Å². The normalized spacial score (nSPS) is 13.7. The minimum Gasteiger partial charge on any atom is -0.486 e. The monoisotopic (exact) mass is 265 g/mol. The zero-order valence-electron chi connectivity index (χ0n) is 9.81. The first-order chi connectivity index (χ1) is 8.65. The summed E-state index contributed by atoms with van der Waals surface area (Å²) in [5.41, 5.74) is 8.05. The van der Waals surface area contributed by atoms with E-state index in [0.717, 1.165) is 11.4 Å². The highest BCUT2D eigenvalue weighted by molar-refractivity contribution is 6.31. The quantitative estimate of drug-likeness (QED) is 0.803. The van der Waals surface area contributed by atoms with Gasteiger partial charge in [0.25, 0.3) is 0 Å². The fraction of sp³-hybridized carbons (Fsp3) is 0.250. The van der Waals surface area contributed by atoms with Crippen LogP contribution in [0.5, 0.6) is 11.5 Å². The fourth-order valence-corrected chi connectivity index (χ4v) is 1.98. The Morgan fingerprint density at radius 2 is 1.94 bits per heavy atom. The first-order valence-electron chi connectivity index (χ1n) is 5.56. The Morgan fingerprint density at radius 3 is 2.56 bits per heavy atom. The van der Waals surface area contributed by atoms with Crippen molar-refractivity contribution in [3.05, 3.63) is 29.0 Å². The molecule has 94 valence electrons. The van der Waals surface area contributed by atoms with E-state index in [2.05, 4.69) is 5.10 Å². The third-order valence-corrected chi connectivity index (χ3v) is 3.15. The summed E-state index contributed by atoms with van der Waals surface area (Å²) in [7, 11) is 0. The van der Waals surface area contributed by atoms with Crippen molar-refractivity contribution in [3.63, 3.8) is 0 Å². The number of aryl methyl sites for hydroxylation is 1. The van der Waals surface area contributed by atoms with E-state index in [0.29, 0.717) is 35.4 Å². The van der Waals surface area contributed by atoms with Gasteiger partial charge in [-0.25, -0.2) is 4.68 Å². The Labute approximate surface area is 109 Å². The maximum absolute atomic E-state index is 6.00. The van der Waals surface area contributed by atoms with Crippen molar-refractivity contribution in [1.29, 1.82) is 0 Å². The molecule has 0 fully saturated rings. The van der Waals surface area contributed by atoms with Crippen molar-refractivity contribution >= 4 is 17.3 Å². The molecule has 1 aliphatic heterocycles. The van der Waals surface area contributed by atoms with Crippen LogP contribution in [0.15, 0.2) is 18.3 Å². The average molecular weight is 266 g/mol. The van der Waals surface area contributed by atoms with Gasteiger partial charge in [-0.15, -0.1) is 0 Å². The molecule has 2 heterocycles. The minimum atomic E-state index is 0.537. The molecule has 0 amide bonds. The van der Waals surface area contributed by atoms with Crippen molar-refractivity contribution in [2.24, 2.45) is 0 Å². The number of rotatable bonds is 1. The summed E-state index contributed by atoms with van der Waals surface area (Å²) < 4.78 is 12.6. The van der Waals surface area contributed by atoms with Gasteiger partial charge < -0.3 is 15.2 Å². The number of benzene rings is 1. The first-order valence-corrected chi connectivity index (χ1v) is 5.94. The van der Waals surface area contributed by atoms with Crippen LogP contribution < -0.4 is 15.2 Å². The van der Waals surface area contributed by atoms with E-state index < -0.39 is 0 Å². The molecule has 5 nitrogen and oxygen atoms in total. The smallest absolute Gasteiger partial charge is 0.163 e. The van der Waals surface area contributed by atoms with Crippen LogP contribution in [0.25, 0.3) is 5.69 Å². The number of hydrogen-bond acceptors (Lipinski definition) is 4. The molecule has 0 atom stereocenters. The van der Waals surface area contributed by atoms with E-state index in [4.69, 9.17) is 26.8 Å². The van der Waals surface area contributed by atoms with Crippen molar-refractivity contribution < 1.29 is 9.47 Å². The van der Waals surface area contributed by atoms with Gasteiger partial charge in [-0.05, 0) is 6.92 Å². The molecule has 6 heteroatoms. The van der Waals surface area contributed by atoms with Crippen molar-refractivity contribution in [3.8, 4) is 17.2 Å². The average Bonchev–Trinajstić information content (AvgIpc) is 2.68. The number of aromatic nitrogens is 2. The van der Waals surface area contributed by atoms with Crippen LogP contribution in [0.4, 0.5) is 5.69 Å². The molecule has 0 saturated carbocycles. The number of hydrogen-bond donors (Lipinski definition) is 1. The molecular formula is C12H12ClN3O2. The Hall–Kier alpha value is -1.88. The van der Waals surface area contributed by atoms with Crippen LogP contribution in [0.3, 0.4) is 0 Å². The maximum atomic E-state index is 6.00. The summed E-state index contributed by atoms with van der Waals surface area (Å²) in [6.45, 7) is 2.92. The second kappa shape index (κ2) is 4.10. The van der Waals surface area contributed by atoms with Crippen molar-refractivity contribution in [2.45, 2.75) is 6.92 Å². The highest BCUT2D eigenvalue weighted by atomic mass is 35.5. The lowest BCUT2D eigenvalue weighted by atomic mass is 10.2. The van der Waals surface area contributed by atoms with E-state index in [9.17, 15) is 0 Å². The predicted molar refractivity (Wildman–Crippen MR) is 68.7 cm³/mol. The van der Waals surface area contributed by atoms with Crippen molar-refractivity contribution in [1.82, 2.24) is 9.78 Å². The molecule has 0 bridgehead atoms. The molecule has 0 aliphatic carbocycles. The van der Waals surface area contributed by atoms with Gasteiger partial charge in [-0.2, -0.15) is 5.10 Å². The second-order valence-corrected chi connectivity index (χ2v) is 4.47. The molecule has 0 spiro atoms. The van der Waals surface area contributed by atoms with Gasteiger partial charge in [-0.3, -0.25) is 0 Å². The topological polar surface area (TPSA) is 62.3 Å². The van der Waals surface area contributed by atoms with E-state index in [-0.39, 0.29) is 0 Å². The van der Waals surface area contributed by atoms with E-state index in [1.165, 1.54) is 0 Å². The lowest BCUT2D eigenvalue weighted by Gasteiger charge is -2.20. The molecule has 0 radical (unpaired) electrons. The van der Waals surface area contributed by atoms with Gasteiger partial charge in [0.15, 0.2) is 11.5 Å². The summed E-state index contributed by atoms with van der Waals surface area (Å²) in [5, 5.41) is 4.90. The summed E-state index contributed by atoms with van der Waals surface area (Å²) in [6.07, 6.45) is 1.72. The van der Waals surface area contributed by atoms with E-state index >= 15 is 0 Å². The number of nitrogen functional groups attached to an aromatic ring is 1. The Balaban J connectivity index is 2.11. The molecule has 0 unspecified atom stereocenters. The van der Waals surface area contributed by atoms with Gasteiger partial charge in [0.05, 0.1) is 22.1 Å². The predicted octanol–water partition coefficient (Wildman–Crippen LogP) is 2.19. The number of nitrogens with zero attached hydrogens (tertiary/aromatic N) is 2. The summed E-state index contributed by atoms with van der Waals surface area (Å²) in [6, 6.07) is 3.56. The third-order valence-electron chi connectivity index (χ3n) is 2.78.